The number of aryl methyl sites for hydroxylation is 1. The van der Waals surface area contributed by atoms with Gasteiger partial charge in [-0.05, 0) is 31.5 Å². The Labute approximate surface area is 106 Å². The van der Waals surface area contributed by atoms with E-state index in [2.05, 4.69) is 10.6 Å². The molecule has 17 heavy (non-hydrogen) atoms. The zero-order valence-corrected chi connectivity index (χ0v) is 11.0. The van der Waals surface area contributed by atoms with Crippen LogP contribution in [0.3, 0.4) is 0 Å². The van der Waals surface area contributed by atoms with Gasteiger partial charge in [0.05, 0.1) is 23.4 Å². The first-order valence-corrected chi connectivity index (χ1v) is 5.73. The molecule has 2 N–H and O–H groups in total. The Morgan fingerprint density at radius 3 is 2.82 bits per heavy atom. The summed E-state index contributed by atoms with van der Waals surface area (Å²) in [6.45, 7) is 4.27. The summed E-state index contributed by atoms with van der Waals surface area (Å²) in [7, 11) is 1.59. The van der Waals surface area contributed by atoms with E-state index in [1.807, 2.05) is 19.9 Å². The summed E-state index contributed by atoms with van der Waals surface area (Å²) in [5, 5.41) is 5.95. The highest BCUT2D eigenvalue weighted by Gasteiger charge is 2.08. The largest absolute Gasteiger partial charge is 0.383 e. The first-order chi connectivity index (χ1) is 8.02. The van der Waals surface area contributed by atoms with Crippen molar-refractivity contribution in [2.45, 2.75) is 19.9 Å². The number of benzene rings is 1. The lowest BCUT2D eigenvalue weighted by Gasteiger charge is -2.14. The number of hydrogen-bond donors (Lipinski definition) is 2. The lowest BCUT2D eigenvalue weighted by atomic mass is 10.2. The average Bonchev–Trinajstić information content (AvgIpc) is 2.22. The summed E-state index contributed by atoms with van der Waals surface area (Å²) < 4.78 is 4.93. The molecule has 1 atom stereocenters. The molecule has 1 aromatic rings. The number of methoxy groups -OCH3 is 1. The molecular weight excluding hydrogens is 240 g/mol. The van der Waals surface area contributed by atoms with Crippen LogP contribution < -0.4 is 10.6 Å². The lowest BCUT2D eigenvalue weighted by molar-refractivity contribution is 0.173. The number of carbonyl (C=O) groups excluding carboxylic acids is 1. The van der Waals surface area contributed by atoms with E-state index in [1.54, 1.807) is 19.2 Å². The van der Waals surface area contributed by atoms with E-state index in [1.165, 1.54) is 0 Å². The van der Waals surface area contributed by atoms with Crippen LogP contribution in [0.25, 0.3) is 0 Å². The van der Waals surface area contributed by atoms with Gasteiger partial charge in [0.15, 0.2) is 0 Å². The molecule has 0 saturated heterocycles. The van der Waals surface area contributed by atoms with Gasteiger partial charge in [-0.25, -0.2) is 4.79 Å². The maximum absolute atomic E-state index is 11.6. The highest BCUT2D eigenvalue weighted by Crippen LogP contribution is 2.22. The van der Waals surface area contributed by atoms with Crippen LogP contribution in [0.4, 0.5) is 10.5 Å². The van der Waals surface area contributed by atoms with E-state index >= 15 is 0 Å². The van der Waals surface area contributed by atoms with Crippen molar-refractivity contribution in [2.24, 2.45) is 0 Å². The van der Waals surface area contributed by atoms with E-state index in [0.717, 1.165) is 5.56 Å². The van der Waals surface area contributed by atoms with E-state index < -0.39 is 0 Å². The Morgan fingerprint density at radius 1 is 1.53 bits per heavy atom. The third-order valence-corrected chi connectivity index (χ3v) is 2.48. The minimum Gasteiger partial charge on any atom is -0.383 e. The molecule has 1 aromatic carbocycles. The molecule has 0 heterocycles. The Bertz CT molecular complexity index is 396. The number of urea groups is 1. The van der Waals surface area contributed by atoms with Crippen LogP contribution in [-0.2, 0) is 4.74 Å². The van der Waals surface area contributed by atoms with Crippen molar-refractivity contribution < 1.29 is 9.53 Å². The van der Waals surface area contributed by atoms with Crippen molar-refractivity contribution in [2.75, 3.05) is 19.0 Å². The summed E-state index contributed by atoms with van der Waals surface area (Å²) in [5.74, 6) is 0. The third-order valence-electron chi connectivity index (χ3n) is 2.17. The van der Waals surface area contributed by atoms with E-state index in [4.69, 9.17) is 16.3 Å². The topological polar surface area (TPSA) is 50.4 Å². The molecule has 0 bridgehead atoms. The predicted molar refractivity (Wildman–Crippen MR) is 69.7 cm³/mol. The number of nitrogens with one attached hydrogen (secondary N) is 2. The second-order valence-corrected chi connectivity index (χ2v) is 4.35. The van der Waals surface area contributed by atoms with E-state index in [-0.39, 0.29) is 12.1 Å². The monoisotopic (exact) mass is 256 g/mol. The van der Waals surface area contributed by atoms with Crippen LogP contribution >= 0.6 is 11.6 Å². The highest BCUT2D eigenvalue weighted by atomic mass is 35.5. The molecule has 0 aliphatic heterocycles. The number of anilines is 1. The van der Waals surface area contributed by atoms with Crippen LogP contribution in [-0.4, -0.2) is 25.8 Å². The fourth-order valence-electron chi connectivity index (χ4n) is 1.40. The molecule has 0 aliphatic rings. The van der Waals surface area contributed by atoms with Crippen LogP contribution in [0.5, 0.6) is 0 Å². The van der Waals surface area contributed by atoms with Gasteiger partial charge in [-0.15, -0.1) is 0 Å². The molecule has 0 unspecified atom stereocenters. The van der Waals surface area contributed by atoms with Gasteiger partial charge in [0.25, 0.3) is 0 Å². The van der Waals surface area contributed by atoms with Crippen molar-refractivity contribution >= 4 is 23.3 Å². The first kappa shape index (κ1) is 13.8. The predicted octanol–water partition coefficient (Wildman–Crippen LogP) is 2.80. The maximum Gasteiger partial charge on any atom is 0.319 e. The van der Waals surface area contributed by atoms with Gasteiger partial charge in [0.1, 0.15) is 0 Å². The molecular formula is C12H17ClN2O2. The molecule has 0 aromatic heterocycles. The molecule has 0 aliphatic carbocycles. The number of rotatable bonds is 4. The quantitative estimate of drug-likeness (QED) is 0.870. The summed E-state index contributed by atoms with van der Waals surface area (Å²) in [6, 6.07) is 5.12. The van der Waals surface area contributed by atoms with Gasteiger partial charge in [-0.2, -0.15) is 0 Å². The molecule has 94 valence electrons. The molecule has 4 nitrogen and oxygen atoms in total. The van der Waals surface area contributed by atoms with Crippen LogP contribution in [0, 0.1) is 6.92 Å². The molecule has 1 rings (SSSR count). The molecule has 0 spiro atoms. The van der Waals surface area contributed by atoms with Gasteiger partial charge in [-0.1, -0.05) is 17.7 Å². The Balaban J connectivity index is 2.56. The highest BCUT2D eigenvalue weighted by molar-refractivity contribution is 6.33. The zero-order chi connectivity index (χ0) is 12.8. The van der Waals surface area contributed by atoms with Crippen molar-refractivity contribution in [3.05, 3.63) is 28.8 Å². The van der Waals surface area contributed by atoms with Crippen molar-refractivity contribution in [3.8, 4) is 0 Å². The third kappa shape index (κ3) is 4.63. The Morgan fingerprint density at radius 2 is 2.24 bits per heavy atom. The van der Waals surface area contributed by atoms with E-state index in [9.17, 15) is 4.79 Å². The van der Waals surface area contributed by atoms with Gasteiger partial charge in [-0.3, -0.25) is 0 Å². The Kier molecular flexibility index (Phi) is 5.25. The first-order valence-electron chi connectivity index (χ1n) is 5.35. The van der Waals surface area contributed by atoms with Crippen LogP contribution in [0.15, 0.2) is 18.2 Å². The number of halogens is 1. The maximum atomic E-state index is 11.6. The summed E-state index contributed by atoms with van der Waals surface area (Å²) in [5.41, 5.74) is 1.65. The van der Waals surface area contributed by atoms with Gasteiger partial charge in [0.2, 0.25) is 0 Å². The smallest absolute Gasteiger partial charge is 0.319 e. The number of hydrogen-bond acceptors (Lipinski definition) is 2. The van der Waals surface area contributed by atoms with Crippen molar-refractivity contribution in [1.82, 2.24) is 5.32 Å². The molecule has 0 saturated carbocycles. The summed E-state index contributed by atoms with van der Waals surface area (Å²) in [4.78, 5) is 11.6. The molecule has 5 heteroatoms. The van der Waals surface area contributed by atoms with Gasteiger partial charge < -0.3 is 15.4 Å². The van der Waals surface area contributed by atoms with Crippen molar-refractivity contribution in [1.29, 1.82) is 0 Å². The number of amides is 2. The molecule has 0 radical (unpaired) electrons. The van der Waals surface area contributed by atoms with Gasteiger partial charge >= 0.3 is 6.03 Å². The zero-order valence-electron chi connectivity index (χ0n) is 10.2. The summed E-state index contributed by atoms with van der Waals surface area (Å²) >= 11 is 6.00. The summed E-state index contributed by atoms with van der Waals surface area (Å²) in [6.07, 6.45) is 0. The minimum atomic E-state index is -0.291. The normalized spacial score (nSPS) is 12.0. The number of ether oxygens (including phenoxy) is 1. The standard InChI is InChI=1S/C12H17ClN2O2/c1-8-4-5-11(10(13)6-8)15-12(16)14-9(2)7-17-3/h4-6,9H,7H2,1-3H3,(H2,14,15,16)/t9-/m1/s1. The van der Waals surface area contributed by atoms with Crippen LogP contribution in [0.2, 0.25) is 5.02 Å². The molecule has 0 fully saturated rings. The second kappa shape index (κ2) is 6.47. The van der Waals surface area contributed by atoms with Gasteiger partial charge in [0, 0.05) is 7.11 Å². The van der Waals surface area contributed by atoms with Crippen LogP contribution in [0.1, 0.15) is 12.5 Å². The fourth-order valence-corrected chi connectivity index (χ4v) is 1.68. The van der Waals surface area contributed by atoms with E-state index in [0.29, 0.717) is 17.3 Å². The number of carbonyl (C=O) groups is 1. The average molecular weight is 257 g/mol. The SMILES string of the molecule is COC[C@@H](C)NC(=O)Nc1ccc(C)cc1Cl. The fraction of sp³-hybridized carbons (Fsp3) is 0.417. The second-order valence-electron chi connectivity index (χ2n) is 3.94. The van der Waals surface area contributed by atoms with Crippen molar-refractivity contribution in [3.63, 3.8) is 0 Å². The minimum absolute atomic E-state index is 0.0516. The Hall–Kier alpha value is -1.26. The lowest BCUT2D eigenvalue weighted by Crippen LogP contribution is -2.38. The molecule has 2 amide bonds.